The predicted molar refractivity (Wildman–Crippen MR) is 135 cm³/mol. The van der Waals surface area contributed by atoms with Crippen molar-refractivity contribution in [2.75, 3.05) is 26.4 Å². The minimum absolute atomic E-state index is 0.138. The van der Waals surface area contributed by atoms with Gasteiger partial charge in [-0.15, -0.1) is 0 Å². The van der Waals surface area contributed by atoms with Gasteiger partial charge >= 0.3 is 0 Å². The molecule has 0 bridgehead atoms. The van der Waals surface area contributed by atoms with E-state index in [2.05, 4.69) is 28.6 Å². The Bertz CT molecular complexity index is 931. The number of hydrogen-bond donors (Lipinski definition) is 1. The van der Waals surface area contributed by atoms with E-state index in [1.54, 1.807) is 11.8 Å². The number of aryl methyl sites for hydroxylation is 1. The summed E-state index contributed by atoms with van der Waals surface area (Å²) in [6.07, 6.45) is 3.51. The fraction of sp³-hybridized carbons (Fsp3) is 0.609. The molecule has 182 valence electrons. The zero-order valence-electron chi connectivity index (χ0n) is 19.8. The van der Waals surface area contributed by atoms with E-state index in [9.17, 15) is 8.76 Å². The maximum Gasteiger partial charge on any atom is 0.162 e. The van der Waals surface area contributed by atoms with Crippen LogP contribution in [0.5, 0.6) is 11.5 Å². The van der Waals surface area contributed by atoms with E-state index in [0.29, 0.717) is 32.3 Å². The Kier molecular flexibility index (Phi) is 9.91. The Morgan fingerprint density at radius 3 is 2.55 bits per heavy atom. The summed E-state index contributed by atoms with van der Waals surface area (Å²) in [6.45, 7) is 10.3. The molecule has 10 heteroatoms. The highest BCUT2D eigenvalue weighted by Gasteiger charge is 2.22. The first-order valence-corrected chi connectivity index (χ1v) is 13.3. The van der Waals surface area contributed by atoms with Gasteiger partial charge < -0.3 is 14.0 Å². The fourth-order valence-electron chi connectivity index (χ4n) is 3.84. The normalized spacial score (nSPS) is 18.5. The molecule has 0 spiro atoms. The largest absolute Gasteiger partial charge is 0.760 e. The molecule has 1 aromatic carbocycles. The zero-order valence-corrected chi connectivity index (χ0v) is 21.4. The van der Waals surface area contributed by atoms with E-state index < -0.39 is 11.3 Å². The smallest absolute Gasteiger partial charge is 0.162 e. The lowest BCUT2D eigenvalue weighted by atomic mass is 9.97. The standard InChI is InChI=1S/C23H34N4O4S2/c1-5-18(7-6-8-26-33(28)29)12-22(27-23-16(3)24-14-25-17(23)4)32-21-13-20-19(11-15(21)2)30-9-10-31-20/h11,13,18,23,26H,5-10,12,14H2,1-4H3,(H,28,29)/p-1. The third kappa shape index (κ3) is 7.63. The summed E-state index contributed by atoms with van der Waals surface area (Å²) in [5.41, 5.74) is 3.08. The molecule has 8 nitrogen and oxygen atoms in total. The summed E-state index contributed by atoms with van der Waals surface area (Å²) in [4.78, 5) is 15.2. The van der Waals surface area contributed by atoms with Crippen molar-refractivity contribution in [3.8, 4) is 11.5 Å². The molecule has 3 rings (SSSR count). The summed E-state index contributed by atoms with van der Waals surface area (Å²) < 4.78 is 35.4. The van der Waals surface area contributed by atoms with Crippen LogP contribution < -0.4 is 14.2 Å². The first-order valence-electron chi connectivity index (χ1n) is 11.4. The summed E-state index contributed by atoms with van der Waals surface area (Å²) in [5.74, 6) is 1.95. The quantitative estimate of drug-likeness (QED) is 0.174. The van der Waals surface area contributed by atoms with Crippen LogP contribution >= 0.6 is 11.8 Å². The van der Waals surface area contributed by atoms with Crippen LogP contribution in [0.3, 0.4) is 0 Å². The van der Waals surface area contributed by atoms with E-state index in [1.165, 1.54) is 0 Å². The van der Waals surface area contributed by atoms with Crippen molar-refractivity contribution in [1.29, 1.82) is 0 Å². The van der Waals surface area contributed by atoms with Crippen molar-refractivity contribution in [1.82, 2.24) is 4.72 Å². The maximum atomic E-state index is 10.7. The molecular weight excluding hydrogens is 460 g/mol. The van der Waals surface area contributed by atoms with E-state index >= 15 is 0 Å². The number of hydrogen-bond acceptors (Lipinski definition) is 8. The van der Waals surface area contributed by atoms with Gasteiger partial charge in [0.05, 0.1) is 5.04 Å². The second kappa shape index (κ2) is 12.6. The monoisotopic (exact) mass is 493 g/mol. The van der Waals surface area contributed by atoms with Crippen molar-refractivity contribution in [3.05, 3.63) is 17.7 Å². The highest BCUT2D eigenvalue weighted by atomic mass is 32.2. The average Bonchev–Trinajstić information content (AvgIpc) is 2.78. The Hall–Kier alpha value is -1.75. The number of aliphatic imine (C=N–C) groups is 3. The molecule has 2 aliphatic rings. The number of nitrogens with zero attached hydrogens (tertiary/aromatic N) is 3. The molecule has 0 aromatic heterocycles. The highest BCUT2D eigenvalue weighted by molar-refractivity contribution is 8.14. The van der Waals surface area contributed by atoms with Gasteiger partial charge in [-0.1, -0.05) is 25.1 Å². The molecule has 33 heavy (non-hydrogen) atoms. The minimum atomic E-state index is -2.21. The SMILES string of the molecule is CCC(CCCNS(=O)[O-])CC(=NC1C(C)=NCN=C1C)Sc1cc2c(cc1C)OCCO2. The van der Waals surface area contributed by atoms with Gasteiger partial charge in [-0.3, -0.25) is 19.2 Å². The summed E-state index contributed by atoms with van der Waals surface area (Å²) in [5, 5.41) is 1.03. The van der Waals surface area contributed by atoms with Gasteiger partial charge in [0.2, 0.25) is 0 Å². The lowest BCUT2D eigenvalue weighted by Crippen LogP contribution is -2.29. The van der Waals surface area contributed by atoms with E-state index in [-0.39, 0.29) is 6.04 Å². The molecule has 0 aliphatic carbocycles. The molecule has 0 radical (unpaired) electrons. The number of rotatable bonds is 10. The predicted octanol–water partition coefficient (Wildman–Crippen LogP) is 4.10. The van der Waals surface area contributed by atoms with Crippen molar-refractivity contribution >= 4 is 39.5 Å². The molecule has 2 heterocycles. The van der Waals surface area contributed by atoms with Crippen LogP contribution in [0.25, 0.3) is 0 Å². The van der Waals surface area contributed by atoms with Gasteiger partial charge in [-0.25, -0.2) is 4.72 Å². The molecule has 1 aromatic rings. The van der Waals surface area contributed by atoms with Crippen LogP contribution in [0, 0.1) is 12.8 Å². The van der Waals surface area contributed by atoms with Crippen LogP contribution in [0.1, 0.15) is 52.0 Å². The minimum Gasteiger partial charge on any atom is -0.760 e. The van der Waals surface area contributed by atoms with Gasteiger partial charge in [0.25, 0.3) is 0 Å². The summed E-state index contributed by atoms with van der Waals surface area (Å²) in [6, 6.07) is 3.93. The number of nitrogens with one attached hydrogen (secondary N) is 1. The van der Waals surface area contributed by atoms with Gasteiger partial charge in [-0.2, -0.15) is 0 Å². The third-order valence-electron chi connectivity index (χ3n) is 5.82. The third-order valence-corrected chi connectivity index (χ3v) is 7.43. The molecular formula is C23H33N4O4S2-. The first-order chi connectivity index (χ1) is 15.9. The second-order valence-electron chi connectivity index (χ2n) is 8.28. The molecule has 2 unspecified atom stereocenters. The number of thioether (sulfide) groups is 1. The van der Waals surface area contributed by atoms with E-state index in [4.69, 9.17) is 14.5 Å². The molecule has 0 saturated carbocycles. The zero-order chi connectivity index (χ0) is 23.8. The number of benzene rings is 1. The van der Waals surface area contributed by atoms with Crippen molar-refractivity contribution in [2.45, 2.75) is 64.3 Å². The van der Waals surface area contributed by atoms with Crippen molar-refractivity contribution < 1.29 is 18.2 Å². The molecule has 0 saturated heterocycles. The van der Waals surface area contributed by atoms with Gasteiger partial charge in [0.15, 0.2) is 11.5 Å². The molecule has 0 fully saturated rings. The van der Waals surface area contributed by atoms with E-state index in [1.807, 2.05) is 26.0 Å². The number of ether oxygens (including phenoxy) is 2. The first kappa shape index (κ1) is 25.9. The number of fused-ring (bicyclic) bond motifs is 1. The van der Waals surface area contributed by atoms with Crippen LogP contribution in [0.2, 0.25) is 0 Å². The fourth-order valence-corrected chi connectivity index (χ4v) is 5.27. The lowest BCUT2D eigenvalue weighted by molar-refractivity contribution is 0.171. The van der Waals surface area contributed by atoms with Gasteiger partial charge in [0.1, 0.15) is 25.9 Å². The Balaban J connectivity index is 1.82. The molecule has 2 aliphatic heterocycles. The Morgan fingerprint density at radius 1 is 1.24 bits per heavy atom. The van der Waals surface area contributed by atoms with Crippen LogP contribution in [0.15, 0.2) is 32.0 Å². The van der Waals surface area contributed by atoms with Crippen LogP contribution in [-0.4, -0.2) is 57.7 Å². The second-order valence-corrected chi connectivity index (χ2v) is 10.2. The van der Waals surface area contributed by atoms with Gasteiger partial charge in [0, 0.05) is 34.1 Å². The Labute approximate surface area is 203 Å². The van der Waals surface area contributed by atoms with Crippen molar-refractivity contribution in [2.24, 2.45) is 20.9 Å². The van der Waals surface area contributed by atoms with Crippen LogP contribution in [0.4, 0.5) is 0 Å². The molecule has 1 N–H and O–H groups in total. The summed E-state index contributed by atoms with van der Waals surface area (Å²) >= 11 is -0.549. The van der Waals surface area contributed by atoms with Crippen LogP contribution in [-0.2, 0) is 11.3 Å². The topological polar surface area (TPSA) is 108 Å². The highest BCUT2D eigenvalue weighted by Crippen LogP contribution is 2.38. The van der Waals surface area contributed by atoms with E-state index in [0.717, 1.165) is 64.1 Å². The lowest BCUT2D eigenvalue weighted by Gasteiger charge is -2.23. The van der Waals surface area contributed by atoms with Crippen molar-refractivity contribution in [3.63, 3.8) is 0 Å². The molecule has 2 atom stereocenters. The summed E-state index contributed by atoms with van der Waals surface area (Å²) in [7, 11) is 0. The maximum absolute atomic E-state index is 10.7. The average molecular weight is 494 g/mol. The Morgan fingerprint density at radius 2 is 1.91 bits per heavy atom. The van der Waals surface area contributed by atoms with Gasteiger partial charge in [-0.05, 0) is 63.6 Å². The molecule has 0 amide bonds.